The van der Waals surface area contributed by atoms with Crippen molar-refractivity contribution in [3.63, 3.8) is 0 Å². The second kappa shape index (κ2) is 9.43. The number of benzene rings is 3. The van der Waals surface area contributed by atoms with E-state index in [2.05, 4.69) is 57.2 Å². The highest BCUT2D eigenvalue weighted by Gasteiger charge is 2.08. The summed E-state index contributed by atoms with van der Waals surface area (Å²) in [7, 11) is 0. The summed E-state index contributed by atoms with van der Waals surface area (Å²) in [5.74, 6) is 0.820. The summed E-state index contributed by atoms with van der Waals surface area (Å²) < 4.78 is 5.87. The summed E-state index contributed by atoms with van der Waals surface area (Å²) in [5, 5.41) is 0.918. The summed E-state index contributed by atoms with van der Waals surface area (Å²) >= 11 is 1.65. The van der Waals surface area contributed by atoms with E-state index in [1.807, 2.05) is 43.3 Å². The Hall–Kier alpha value is -2.78. The minimum absolute atomic E-state index is 0.820. The fraction of sp³-hybridized carbons (Fsp3) is 0.160. The van der Waals surface area contributed by atoms with E-state index in [9.17, 15) is 0 Å². The average molecular weight is 388 g/mol. The predicted molar refractivity (Wildman–Crippen MR) is 121 cm³/mol. The molecule has 0 radical (unpaired) electrons. The highest BCUT2D eigenvalue weighted by molar-refractivity contribution is 8.14. The van der Waals surface area contributed by atoms with Gasteiger partial charge in [-0.2, -0.15) is 0 Å². The van der Waals surface area contributed by atoms with Gasteiger partial charge in [0.15, 0.2) is 0 Å². The van der Waals surface area contributed by atoms with Crippen LogP contribution < -0.4 is 4.74 Å². The molecule has 142 valence electrons. The first kappa shape index (κ1) is 20.0. The zero-order valence-corrected chi connectivity index (χ0v) is 17.6. The van der Waals surface area contributed by atoms with Crippen LogP contribution in [0.1, 0.15) is 23.6 Å². The number of nitrogens with zero attached hydrogens (tertiary/aromatic N) is 1. The zero-order valence-electron chi connectivity index (χ0n) is 16.8. The highest BCUT2D eigenvalue weighted by atomic mass is 32.2. The number of hydrogen-bond donors (Lipinski definition) is 0. The van der Waals surface area contributed by atoms with Gasteiger partial charge in [-0.3, -0.25) is 0 Å². The van der Waals surface area contributed by atoms with E-state index in [4.69, 9.17) is 9.73 Å². The van der Waals surface area contributed by atoms with Crippen LogP contribution in [0.2, 0.25) is 0 Å². The molecule has 3 heteroatoms. The van der Waals surface area contributed by atoms with Gasteiger partial charge in [0, 0.05) is 10.5 Å². The Bertz CT molecular complexity index is 986. The smallest absolute Gasteiger partial charge is 0.126 e. The lowest BCUT2D eigenvalue weighted by Gasteiger charge is -2.09. The second-order valence-electron chi connectivity index (χ2n) is 6.90. The van der Waals surface area contributed by atoms with Gasteiger partial charge in [0.05, 0.1) is 11.9 Å². The van der Waals surface area contributed by atoms with E-state index in [1.165, 1.54) is 16.7 Å². The van der Waals surface area contributed by atoms with Crippen LogP contribution in [-0.4, -0.2) is 5.04 Å². The third-order valence-corrected chi connectivity index (χ3v) is 5.30. The number of rotatable bonds is 5. The minimum Gasteiger partial charge on any atom is -0.465 e. The first-order valence-corrected chi connectivity index (χ1v) is 10.1. The van der Waals surface area contributed by atoms with Crippen molar-refractivity contribution in [2.75, 3.05) is 0 Å². The van der Waals surface area contributed by atoms with Crippen molar-refractivity contribution in [1.82, 2.24) is 0 Å². The van der Waals surface area contributed by atoms with Crippen LogP contribution >= 0.6 is 11.8 Å². The van der Waals surface area contributed by atoms with Crippen molar-refractivity contribution in [3.8, 4) is 5.75 Å². The second-order valence-corrected chi connectivity index (χ2v) is 7.97. The standard InChI is InChI=1S/C25H25NOS/c1-18-8-12-22(13-9-18)26-25(28-24-7-5-6-20(3)16-24)21(4)17-27-23-14-10-19(2)11-15-23/h5-17H,1-4H3. The third kappa shape index (κ3) is 5.86. The first-order chi connectivity index (χ1) is 13.5. The van der Waals surface area contributed by atoms with Crippen molar-refractivity contribution in [1.29, 1.82) is 0 Å². The lowest BCUT2D eigenvalue weighted by atomic mass is 10.2. The molecule has 3 aromatic carbocycles. The molecule has 0 aliphatic rings. The number of hydrogen-bond acceptors (Lipinski definition) is 3. The molecular weight excluding hydrogens is 362 g/mol. The van der Waals surface area contributed by atoms with Crippen molar-refractivity contribution >= 4 is 22.5 Å². The van der Waals surface area contributed by atoms with Crippen LogP contribution in [0.15, 0.2) is 94.5 Å². The molecule has 28 heavy (non-hydrogen) atoms. The Morgan fingerprint density at radius 1 is 0.821 bits per heavy atom. The molecular formula is C25H25NOS. The van der Waals surface area contributed by atoms with E-state index in [-0.39, 0.29) is 0 Å². The van der Waals surface area contributed by atoms with Gasteiger partial charge in [0.25, 0.3) is 0 Å². The van der Waals surface area contributed by atoms with Crippen LogP contribution in [0.25, 0.3) is 0 Å². The van der Waals surface area contributed by atoms with Gasteiger partial charge in [-0.25, -0.2) is 4.99 Å². The average Bonchev–Trinajstić information content (AvgIpc) is 2.68. The van der Waals surface area contributed by atoms with Crippen molar-refractivity contribution in [3.05, 3.63) is 101 Å². The van der Waals surface area contributed by atoms with Crippen molar-refractivity contribution < 1.29 is 4.74 Å². The maximum Gasteiger partial charge on any atom is 0.126 e. The van der Waals surface area contributed by atoms with E-state index in [0.29, 0.717) is 0 Å². The van der Waals surface area contributed by atoms with Gasteiger partial charge in [-0.05, 0) is 64.1 Å². The molecule has 0 aliphatic carbocycles. The van der Waals surface area contributed by atoms with Gasteiger partial charge in [-0.1, -0.05) is 64.9 Å². The maximum atomic E-state index is 5.87. The molecule has 0 bridgehead atoms. The molecule has 0 amide bonds. The Labute approximate surface area is 172 Å². The SMILES string of the molecule is CC(=COc1ccc(C)cc1)C(=Nc1ccc(C)cc1)Sc1cccc(C)c1. The normalized spacial score (nSPS) is 12.1. The molecule has 0 unspecified atom stereocenters. The Kier molecular flexibility index (Phi) is 6.72. The largest absolute Gasteiger partial charge is 0.465 e. The number of aryl methyl sites for hydroxylation is 3. The molecule has 0 N–H and O–H groups in total. The van der Waals surface area contributed by atoms with Gasteiger partial charge in [0.1, 0.15) is 10.8 Å². The van der Waals surface area contributed by atoms with Gasteiger partial charge in [-0.15, -0.1) is 0 Å². The molecule has 0 fully saturated rings. The van der Waals surface area contributed by atoms with Crippen LogP contribution in [-0.2, 0) is 0 Å². The molecule has 0 atom stereocenters. The molecule has 2 nitrogen and oxygen atoms in total. The van der Waals surface area contributed by atoms with Gasteiger partial charge < -0.3 is 4.74 Å². The molecule has 0 saturated carbocycles. The van der Waals surface area contributed by atoms with E-state index < -0.39 is 0 Å². The van der Waals surface area contributed by atoms with Crippen molar-refractivity contribution in [2.24, 2.45) is 4.99 Å². The molecule has 0 spiro atoms. The van der Waals surface area contributed by atoms with Crippen LogP contribution in [0.4, 0.5) is 5.69 Å². The lowest BCUT2D eigenvalue weighted by Crippen LogP contribution is -1.97. The summed E-state index contributed by atoms with van der Waals surface area (Å²) in [4.78, 5) is 6.04. The fourth-order valence-electron chi connectivity index (χ4n) is 2.54. The fourth-order valence-corrected chi connectivity index (χ4v) is 3.52. The lowest BCUT2D eigenvalue weighted by molar-refractivity contribution is 0.478. The predicted octanol–water partition coefficient (Wildman–Crippen LogP) is 7.42. The maximum absolute atomic E-state index is 5.87. The van der Waals surface area contributed by atoms with E-state index in [0.717, 1.165) is 26.9 Å². The third-order valence-electron chi connectivity index (χ3n) is 4.20. The number of thioether (sulfide) groups is 1. The number of ether oxygens (including phenoxy) is 1. The van der Waals surface area contributed by atoms with Gasteiger partial charge >= 0.3 is 0 Å². The number of aliphatic imine (C=N–C) groups is 1. The monoisotopic (exact) mass is 387 g/mol. The molecule has 3 aromatic rings. The molecule has 0 aromatic heterocycles. The van der Waals surface area contributed by atoms with Crippen LogP contribution in [0.3, 0.4) is 0 Å². The van der Waals surface area contributed by atoms with Crippen molar-refractivity contribution in [2.45, 2.75) is 32.6 Å². The Morgan fingerprint density at radius 2 is 1.46 bits per heavy atom. The van der Waals surface area contributed by atoms with Gasteiger partial charge in [0.2, 0.25) is 0 Å². The summed E-state index contributed by atoms with van der Waals surface area (Å²) in [6.45, 7) is 8.28. The summed E-state index contributed by atoms with van der Waals surface area (Å²) in [5.41, 5.74) is 5.58. The highest BCUT2D eigenvalue weighted by Crippen LogP contribution is 2.27. The topological polar surface area (TPSA) is 21.6 Å². The Morgan fingerprint density at radius 3 is 2.11 bits per heavy atom. The minimum atomic E-state index is 0.820. The van der Waals surface area contributed by atoms with Crippen LogP contribution in [0.5, 0.6) is 5.75 Å². The van der Waals surface area contributed by atoms with E-state index in [1.54, 1.807) is 18.0 Å². The molecule has 3 rings (SSSR count). The molecule has 0 aliphatic heterocycles. The molecule has 0 saturated heterocycles. The first-order valence-electron chi connectivity index (χ1n) is 9.30. The Balaban J connectivity index is 1.88. The summed E-state index contributed by atoms with van der Waals surface area (Å²) in [6.07, 6.45) is 1.78. The quantitative estimate of drug-likeness (QED) is 0.197. The zero-order chi connectivity index (χ0) is 19.9. The van der Waals surface area contributed by atoms with E-state index >= 15 is 0 Å². The summed E-state index contributed by atoms with van der Waals surface area (Å²) in [6, 6.07) is 24.7. The van der Waals surface area contributed by atoms with Crippen LogP contribution in [0, 0.1) is 20.8 Å². The molecule has 0 heterocycles.